The fourth-order valence-corrected chi connectivity index (χ4v) is 1.20. The van der Waals surface area contributed by atoms with E-state index >= 15 is 0 Å². The van der Waals surface area contributed by atoms with Gasteiger partial charge in [0.25, 0.3) is 0 Å². The van der Waals surface area contributed by atoms with Gasteiger partial charge in [0.2, 0.25) is 12.3 Å². The highest BCUT2D eigenvalue weighted by Gasteiger charge is 1.99. The van der Waals surface area contributed by atoms with E-state index in [1.807, 2.05) is 0 Å². The van der Waals surface area contributed by atoms with Crippen LogP contribution in [0.25, 0.3) is 0 Å². The average molecular weight is 270 g/mol. The lowest BCUT2D eigenvalue weighted by molar-refractivity contribution is 0.410. The van der Waals surface area contributed by atoms with Crippen molar-refractivity contribution in [3.63, 3.8) is 0 Å². The zero-order valence-corrected chi connectivity index (χ0v) is 9.31. The Morgan fingerprint density at radius 2 is 2.07 bits per heavy atom. The molecular formula is C8H8BrN5O. The lowest BCUT2D eigenvalue weighted by Crippen LogP contribution is -2.08. The highest BCUT2D eigenvalue weighted by Crippen LogP contribution is 2.06. The lowest BCUT2D eigenvalue weighted by atomic mass is 10.4. The molecule has 0 aromatic carbocycles. The van der Waals surface area contributed by atoms with E-state index < -0.39 is 0 Å². The van der Waals surface area contributed by atoms with E-state index in [4.69, 9.17) is 0 Å². The van der Waals surface area contributed by atoms with Crippen LogP contribution < -0.4 is 5.32 Å². The summed E-state index contributed by atoms with van der Waals surface area (Å²) in [6.45, 7) is 0.668. The highest BCUT2D eigenvalue weighted by molar-refractivity contribution is 9.10. The molecule has 15 heavy (non-hydrogen) atoms. The van der Waals surface area contributed by atoms with E-state index in [-0.39, 0.29) is 0 Å². The van der Waals surface area contributed by atoms with Crippen molar-refractivity contribution in [2.75, 3.05) is 11.9 Å². The second-order valence-corrected chi connectivity index (χ2v) is 3.66. The third-order valence-corrected chi connectivity index (χ3v) is 2.07. The molecule has 2 heterocycles. The summed E-state index contributed by atoms with van der Waals surface area (Å²) < 4.78 is 5.46. The standard InChI is InChI=1S/C8H8BrN5O/c9-6-3-11-8(12-4-6)10-2-1-7-13-5-15-14-7/h3-5H,1-2H2,(H,10,11,12). The Balaban J connectivity index is 1.81. The molecule has 0 aliphatic heterocycles. The Bertz CT molecular complexity index is 401. The lowest BCUT2D eigenvalue weighted by Gasteiger charge is -2.01. The van der Waals surface area contributed by atoms with Crippen molar-refractivity contribution >= 4 is 21.9 Å². The zero-order valence-electron chi connectivity index (χ0n) is 7.72. The molecule has 0 spiro atoms. The first-order chi connectivity index (χ1) is 7.34. The van der Waals surface area contributed by atoms with Gasteiger partial charge >= 0.3 is 0 Å². The normalized spacial score (nSPS) is 10.2. The summed E-state index contributed by atoms with van der Waals surface area (Å²) in [6, 6.07) is 0. The molecule has 0 saturated heterocycles. The number of nitrogens with one attached hydrogen (secondary N) is 1. The highest BCUT2D eigenvalue weighted by atomic mass is 79.9. The largest absolute Gasteiger partial charge is 0.354 e. The van der Waals surface area contributed by atoms with Crippen LogP contribution >= 0.6 is 15.9 Å². The van der Waals surface area contributed by atoms with Gasteiger partial charge in [-0.25, -0.2) is 9.97 Å². The molecule has 78 valence electrons. The summed E-state index contributed by atoms with van der Waals surface area (Å²) in [7, 11) is 0. The Kier molecular flexibility index (Phi) is 3.23. The number of hydrogen-bond donors (Lipinski definition) is 1. The number of rotatable bonds is 4. The van der Waals surface area contributed by atoms with E-state index in [2.05, 4.69) is 45.9 Å². The minimum atomic E-state index is 0.585. The molecule has 0 radical (unpaired) electrons. The average Bonchev–Trinajstić information content (AvgIpc) is 2.74. The minimum Gasteiger partial charge on any atom is -0.354 e. The molecule has 0 bridgehead atoms. The molecule has 0 aliphatic carbocycles. The predicted molar refractivity (Wildman–Crippen MR) is 56.2 cm³/mol. The van der Waals surface area contributed by atoms with E-state index in [1.54, 1.807) is 12.4 Å². The maximum atomic E-state index is 4.61. The zero-order chi connectivity index (χ0) is 10.5. The van der Waals surface area contributed by atoms with Crippen molar-refractivity contribution in [2.45, 2.75) is 6.42 Å². The van der Waals surface area contributed by atoms with E-state index in [0.29, 0.717) is 24.7 Å². The summed E-state index contributed by atoms with van der Waals surface area (Å²) in [4.78, 5) is 12.0. The fourth-order valence-electron chi connectivity index (χ4n) is 0.992. The van der Waals surface area contributed by atoms with Gasteiger partial charge in [-0.15, -0.1) is 0 Å². The molecular weight excluding hydrogens is 262 g/mol. The van der Waals surface area contributed by atoms with Gasteiger partial charge in [0, 0.05) is 25.4 Å². The van der Waals surface area contributed by atoms with Crippen LogP contribution in [0.2, 0.25) is 0 Å². The van der Waals surface area contributed by atoms with Crippen LogP contribution in [0, 0.1) is 0 Å². The molecule has 0 atom stereocenters. The van der Waals surface area contributed by atoms with Crippen molar-refractivity contribution in [3.8, 4) is 0 Å². The topological polar surface area (TPSA) is 76.7 Å². The van der Waals surface area contributed by atoms with Gasteiger partial charge in [0.05, 0.1) is 4.47 Å². The predicted octanol–water partition coefficient (Wildman–Crippen LogP) is 1.28. The molecule has 6 nitrogen and oxygen atoms in total. The van der Waals surface area contributed by atoms with Crippen LogP contribution in [-0.4, -0.2) is 26.7 Å². The molecule has 0 aliphatic rings. The van der Waals surface area contributed by atoms with E-state index in [1.165, 1.54) is 6.39 Å². The number of aromatic nitrogens is 4. The molecule has 0 fully saturated rings. The number of hydrogen-bond acceptors (Lipinski definition) is 6. The Morgan fingerprint density at radius 3 is 2.73 bits per heavy atom. The second-order valence-electron chi connectivity index (χ2n) is 2.75. The first-order valence-corrected chi connectivity index (χ1v) is 5.10. The monoisotopic (exact) mass is 269 g/mol. The molecule has 0 amide bonds. The maximum absolute atomic E-state index is 4.61. The van der Waals surface area contributed by atoms with Crippen LogP contribution in [-0.2, 0) is 6.42 Å². The Hall–Kier alpha value is -1.50. The fraction of sp³-hybridized carbons (Fsp3) is 0.250. The summed E-state index contributed by atoms with van der Waals surface area (Å²) >= 11 is 3.26. The summed E-state index contributed by atoms with van der Waals surface area (Å²) in [5.41, 5.74) is 0. The van der Waals surface area contributed by atoms with Crippen molar-refractivity contribution in [1.29, 1.82) is 0 Å². The molecule has 2 aromatic heterocycles. The van der Waals surface area contributed by atoms with Gasteiger partial charge in [0.15, 0.2) is 5.82 Å². The van der Waals surface area contributed by atoms with Crippen molar-refractivity contribution in [2.24, 2.45) is 0 Å². The third-order valence-electron chi connectivity index (χ3n) is 1.66. The smallest absolute Gasteiger partial charge is 0.222 e. The van der Waals surface area contributed by atoms with Crippen molar-refractivity contribution in [1.82, 2.24) is 20.1 Å². The van der Waals surface area contributed by atoms with E-state index in [9.17, 15) is 0 Å². The van der Waals surface area contributed by atoms with Gasteiger partial charge in [-0.05, 0) is 15.9 Å². The van der Waals surface area contributed by atoms with Crippen molar-refractivity contribution < 1.29 is 4.52 Å². The molecule has 1 N–H and O–H groups in total. The van der Waals surface area contributed by atoms with Gasteiger partial charge in [-0.1, -0.05) is 5.16 Å². The summed E-state index contributed by atoms with van der Waals surface area (Å²) in [5.74, 6) is 1.25. The van der Waals surface area contributed by atoms with Crippen LogP contribution in [0.3, 0.4) is 0 Å². The molecule has 0 unspecified atom stereocenters. The van der Waals surface area contributed by atoms with Crippen LogP contribution in [0.4, 0.5) is 5.95 Å². The summed E-state index contributed by atoms with van der Waals surface area (Å²) in [6.07, 6.45) is 5.36. The molecule has 2 aromatic rings. The van der Waals surface area contributed by atoms with Gasteiger partial charge in [0.1, 0.15) is 0 Å². The maximum Gasteiger partial charge on any atom is 0.222 e. The van der Waals surface area contributed by atoms with Crippen LogP contribution in [0.5, 0.6) is 0 Å². The third kappa shape index (κ3) is 2.98. The van der Waals surface area contributed by atoms with Crippen LogP contribution in [0.1, 0.15) is 5.82 Å². The summed E-state index contributed by atoms with van der Waals surface area (Å²) in [5, 5.41) is 6.73. The van der Waals surface area contributed by atoms with Gasteiger partial charge in [-0.2, -0.15) is 4.98 Å². The molecule has 0 saturated carbocycles. The Labute approximate surface area is 94.3 Å². The number of anilines is 1. The quantitative estimate of drug-likeness (QED) is 0.901. The van der Waals surface area contributed by atoms with Crippen molar-refractivity contribution in [3.05, 3.63) is 29.1 Å². The molecule has 2 rings (SSSR count). The first kappa shape index (κ1) is 10.0. The van der Waals surface area contributed by atoms with E-state index in [0.717, 1.165) is 4.47 Å². The molecule has 7 heteroatoms. The van der Waals surface area contributed by atoms with Gasteiger partial charge in [-0.3, -0.25) is 0 Å². The minimum absolute atomic E-state index is 0.585. The SMILES string of the molecule is Brc1cnc(NCCc2ncon2)nc1. The van der Waals surface area contributed by atoms with Crippen LogP contribution in [0.15, 0.2) is 27.8 Å². The number of halogens is 1. The first-order valence-electron chi connectivity index (χ1n) is 4.31. The second kappa shape index (κ2) is 4.83. The number of nitrogens with zero attached hydrogens (tertiary/aromatic N) is 4. The Morgan fingerprint density at radius 1 is 1.27 bits per heavy atom. The van der Waals surface area contributed by atoms with Gasteiger partial charge < -0.3 is 9.84 Å².